The number of aromatic nitrogens is 2. The van der Waals surface area contributed by atoms with Crippen LogP contribution in [0.15, 0.2) is 17.8 Å². The fourth-order valence-electron chi connectivity index (χ4n) is 4.56. The van der Waals surface area contributed by atoms with Crippen molar-refractivity contribution >= 4 is 58.1 Å². The molecule has 3 fully saturated rings. The van der Waals surface area contributed by atoms with Crippen LogP contribution in [-0.2, 0) is 4.79 Å². The van der Waals surface area contributed by atoms with Gasteiger partial charge in [-0.25, -0.2) is 9.97 Å². The first-order chi connectivity index (χ1) is 12.3. The van der Waals surface area contributed by atoms with Gasteiger partial charge in [-0.2, -0.15) is 0 Å². The molecule has 3 aliphatic rings. The molecule has 9 heteroatoms. The van der Waals surface area contributed by atoms with E-state index in [0.717, 1.165) is 61.7 Å². The first-order valence-electron chi connectivity index (χ1n) is 9.20. The van der Waals surface area contributed by atoms with E-state index in [1.165, 1.54) is 12.8 Å². The van der Waals surface area contributed by atoms with E-state index in [9.17, 15) is 4.79 Å². The van der Waals surface area contributed by atoms with Gasteiger partial charge in [0.25, 0.3) is 0 Å². The van der Waals surface area contributed by atoms with E-state index in [4.69, 9.17) is 0 Å². The maximum absolute atomic E-state index is 12.9. The summed E-state index contributed by atoms with van der Waals surface area (Å²) in [4.78, 5) is 27.2. The van der Waals surface area contributed by atoms with Crippen molar-refractivity contribution in [3.63, 3.8) is 0 Å². The monoisotopic (exact) mass is 429 g/mol. The zero-order valence-corrected chi connectivity index (χ0v) is 17.5. The molecule has 1 saturated carbocycles. The Hall–Kier alpha value is -1.15. The largest absolute Gasteiger partial charge is 0.352 e. The molecule has 0 radical (unpaired) electrons. The Bertz CT molecular complexity index is 802. The number of piperazine rings is 1. The molecule has 1 spiro atoms. The van der Waals surface area contributed by atoms with Gasteiger partial charge in [-0.3, -0.25) is 4.79 Å². The average molecular weight is 430 g/mol. The van der Waals surface area contributed by atoms with Crippen molar-refractivity contribution in [2.45, 2.75) is 19.3 Å². The Morgan fingerprint density at radius 2 is 1.89 bits per heavy atom. The first kappa shape index (κ1) is 20.6. The third-order valence-electron chi connectivity index (χ3n) is 6.22. The molecule has 148 valence electrons. The number of nitrogens with zero attached hydrogens (tertiary/aromatic N) is 4. The lowest BCUT2D eigenvalue weighted by atomic mass is 9.91. The zero-order valence-electron chi connectivity index (χ0n) is 15.1. The zero-order chi connectivity index (χ0) is 16.9. The van der Waals surface area contributed by atoms with Crippen LogP contribution in [0, 0.1) is 11.3 Å². The minimum Gasteiger partial charge on any atom is -0.352 e. The van der Waals surface area contributed by atoms with Crippen LogP contribution in [0.4, 0.5) is 5.82 Å². The van der Waals surface area contributed by atoms with Crippen LogP contribution < -0.4 is 10.2 Å². The number of piperidine rings is 1. The van der Waals surface area contributed by atoms with E-state index >= 15 is 0 Å². The second-order valence-electron chi connectivity index (χ2n) is 7.52. The van der Waals surface area contributed by atoms with E-state index in [0.29, 0.717) is 11.3 Å². The number of hydrogen-bond donors (Lipinski definition) is 1. The number of anilines is 1. The lowest BCUT2D eigenvalue weighted by Crippen LogP contribution is -2.50. The molecule has 2 aliphatic heterocycles. The van der Waals surface area contributed by atoms with Gasteiger partial charge in [0.1, 0.15) is 17.0 Å². The average Bonchev–Trinajstić information content (AvgIpc) is 3.13. The summed E-state index contributed by atoms with van der Waals surface area (Å²) in [6, 6.07) is 2.10. The topological polar surface area (TPSA) is 61.4 Å². The molecule has 5 rings (SSSR count). The predicted octanol–water partition coefficient (Wildman–Crippen LogP) is 2.57. The highest BCUT2D eigenvalue weighted by atomic mass is 35.5. The molecule has 2 aromatic heterocycles. The fourth-order valence-corrected chi connectivity index (χ4v) is 5.29. The van der Waals surface area contributed by atoms with Crippen molar-refractivity contribution in [1.29, 1.82) is 0 Å². The Kier molecular flexibility index (Phi) is 6.15. The Balaban J connectivity index is 0.00000105. The lowest BCUT2D eigenvalue weighted by molar-refractivity contribution is -0.133. The molecule has 2 saturated heterocycles. The summed E-state index contributed by atoms with van der Waals surface area (Å²) >= 11 is 1.65. The molecule has 1 atom stereocenters. The van der Waals surface area contributed by atoms with E-state index in [1.807, 2.05) is 0 Å². The Morgan fingerprint density at radius 1 is 1.15 bits per heavy atom. The minimum atomic E-state index is 0. The van der Waals surface area contributed by atoms with Gasteiger partial charge in [0.15, 0.2) is 0 Å². The number of hydrogen-bond acceptors (Lipinski definition) is 6. The molecule has 27 heavy (non-hydrogen) atoms. The van der Waals surface area contributed by atoms with Crippen molar-refractivity contribution in [3.05, 3.63) is 17.8 Å². The number of halogens is 2. The molecule has 4 heterocycles. The van der Waals surface area contributed by atoms with E-state index in [1.54, 1.807) is 17.7 Å². The van der Waals surface area contributed by atoms with Crippen LogP contribution in [0.5, 0.6) is 0 Å². The first-order valence-corrected chi connectivity index (χ1v) is 10.1. The smallest absolute Gasteiger partial charge is 0.226 e. The van der Waals surface area contributed by atoms with Crippen LogP contribution >= 0.6 is 36.2 Å². The number of amides is 1. The van der Waals surface area contributed by atoms with Gasteiger partial charge in [-0.15, -0.1) is 36.2 Å². The molecular formula is C18H25Cl2N5OS. The highest BCUT2D eigenvalue weighted by Gasteiger charge is 2.58. The van der Waals surface area contributed by atoms with Crippen molar-refractivity contribution in [1.82, 2.24) is 20.2 Å². The van der Waals surface area contributed by atoms with Gasteiger partial charge < -0.3 is 15.1 Å². The number of rotatable bonds is 2. The second-order valence-corrected chi connectivity index (χ2v) is 8.41. The third kappa shape index (κ3) is 3.62. The molecular weight excluding hydrogens is 405 g/mol. The molecule has 1 aliphatic carbocycles. The molecule has 1 N–H and O–H groups in total. The SMILES string of the molecule is Cl.Cl.O=C(C1CC12CCNCC2)N1CCN(c2ncnc3sccc23)CC1. The van der Waals surface area contributed by atoms with Gasteiger partial charge in [0.05, 0.1) is 5.39 Å². The van der Waals surface area contributed by atoms with Crippen molar-refractivity contribution in [3.8, 4) is 0 Å². The lowest BCUT2D eigenvalue weighted by Gasteiger charge is -2.36. The number of fused-ring (bicyclic) bond motifs is 1. The molecule has 1 amide bonds. The normalized spacial score (nSPS) is 23.6. The number of nitrogens with one attached hydrogen (secondary N) is 1. The van der Waals surface area contributed by atoms with Gasteiger partial charge in [0.2, 0.25) is 5.91 Å². The summed E-state index contributed by atoms with van der Waals surface area (Å²) in [5.41, 5.74) is 0.328. The molecule has 0 bridgehead atoms. The van der Waals surface area contributed by atoms with E-state index in [2.05, 4.69) is 36.5 Å². The van der Waals surface area contributed by atoms with Crippen LogP contribution in [0.25, 0.3) is 10.2 Å². The second kappa shape index (κ2) is 8.07. The minimum absolute atomic E-state index is 0. The van der Waals surface area contributed by atoms with Gasteiger partial charge in [-0.1, -0.05) is 0 Å². The van der Waals surface area contributed by atoms with Gasteiger partial charge in [0, 0.05) is 32.1 Å². The van der Waals surface area contributed by atoms with Crippen LogP contribution in [0.1, 0.15) is 19.3 Å². The molecule has 0 aromatic carbocycles. The summed E-state index contributed by atoms with van der Waals surface area (Å²) in [6.45, 7) is 5.46. The highest BCUT2D eigenvalue weighted by molar-refractivity contribution is 7.16. The maximum Gasteiger partial charge on any atom is 0.226 e. The van der Waals surface area contributed by atoms with Crippen LogP contribution in [-0.4, -0.2) is 60.0 Å². The summed E-state index contributed by atoms with van der Waals surface area (Å²) < 4.78 is 0. The fraction of sp³-hybridized carbons (Fsp3) is 0.611. The summed E-state index contributed by atoms with van der Waals surface area (Å²) in [7, 11) is 0. The van der Waals surface area contributed by atoms with Gasteiger partial charge >= 0.3 is 0 Å². The summed E-state index contributed by atoms with van der Waals surface area (Å²) in [5, 5.41) is 6.60. The maximum atomic E-state index is 12.9. The predicted molar refractivity (Wildman–Crippen MR) is 113 cm³/mol. The number of carbonyl (C=O) groups is 1. The summed E-state index contributed by atoms with van der Waals surface area (Å²) in [6.07, 6.45) is 5.09. The van der Waals surface area contributed by atoms with E-state index in [-0.39, 0.29) is 30.7 Å². The van der Waals surface area contributed by atoms with Crippen LogP contribution in [0.3, 0.4) is 0 Å². The molecule has 1 unspecified atom stereocenters. The standard InChI is InChI=1S/C18H23N5OS.2ClH/c24-17(14-11-18(14)2-4-19-5-3-18)23-8-6-22(7-9-23)15-13-1-10-25-16(13)21-12-20-15;;/h1,10,12,14,19H,2-9,11H2;2*1H. The highest BCUT2D eigenvalue weighted by Crippen LogP contribution is 2.59. The number of carbonyl (C=O) groups excluding carboxylic acids is 1. The van der Waals surface area contributed by atoms with Gasteiger partial charge in [-0.05, 0) is 49.2 Å². The van der Waals surface area contributed by atoms with Crippen molar-refractivity contribution in [2.75, 3.05) is 44.2 Å². The van der Waals surface area contributed by atoms with Crippen molar-refractivity contribution < 1.29 is 4.79 Å². The number of thiophene rings is 1. The summed E-state index contributed by atoms with van der Waals surface area (Å²) in [5.74, 6) is 1.69. The molecule has 2 aromatic rings. The third-order valence-corrected chi connectivity index (χ3v) is 7.04. The quantitative estimate of drug-likeness (QED) is 0.794. The van der Waals surface area contributed by atoms with Crippen LogP contribution in [0.2, 0.25) is 0 Å². The molecule has 6 nitrogen and oxygen atoms in total. The van der Waals surface area contributed by atoms with E-state index < -0.39 is 0 Å². The van der Waals surface area contributed by atoms with Crippen molar-refractivity contribution in [2.24, 2.45) is 11.3 Å². The Morgan fingerprint density at radius 3 is 2.63 bits per heavy atom. The Labute approximate surface area is 175 Å².